The zero-order valence-electron chi connectivity index (χ0n) is 8.95. The van der Waals surface area contributed by atoms with Gasteiger partial charge in [0.25, 0.3) is 0 Å². The molecule has 0 fully saturated rings. The van der Waals surface area contributed by atoms with Crippen LogP contribution in [0.3, 0.4) is 0 Å². The van der Waals surface area contributed by atoms with E-state index >= 15 is 0 Å². The molecule has 1 aromatic rings. The van der Waals surface area contributed by atoms with Crippen LogP contribution in [0.5, 0.6) is 0 Å². The van der Waals surface area contributed by atoms with E-state index in [1.807, 2.05) is 0 Å². The summed E-state index contributed by atoms with van der Waals surface area (Å²) < 4.78 is 0. The van der Waals surface area contributed by atoms with Crippen molar-refractivity contribution in [2.75, 3.05) is 6.54 Å². The van der Waals surface area contributed by atoms with Crippen LogP contribution in [0.15, 0.2) is 5.38 Å². The molecule has 3 nitrogen and oxygen atoms in total. The van der Waals surface area contributed by atoms with Gasteiger partial charge in [0.2, 0.25) is 0 Å². The molecule has 0 amide bonds. The van der Waals surface area contributed by atoms with Gasteiger partial charge < -0.3 is 10.4 Å². The molecule has 0 aliphatic carbocycles. The molecule has 1 aromatic heterocycles. The van der Waals surface area contributed by atoms with Gasteiger partial charge in [-0.05, 0) is 6.92 Å². The van der Waals surface area contributed by atoms with E-state index in [1.165, 1.54) is 5.01 Å². The van der Waals surface area contributed by atoms with Crippen molar-refractivity contribution in [3.63, 3.8) is 0 Å². The number of aliphatic hydroxyl groups excluding tert-OH is 1. The summed E-state index contributed by atoms with van der Waals surface area (Å²) in [7, 11) is 0. The number of rotatable bonds is 5. The van der Waals surface area contributed by atoms with Crippen LogP contribution < -0.4 is 5.32 Å². The molecule has 1 atom stereocenters. The Kier molecular flexibility index (Phi) is 4.51. The molecule has 0 aliphatic heterocycles. The summed E-state index contributed by atoms with van der Waals surface area (Å²) in [6, 6.07) is 0. The Bertz CT molecular complexity index is 271. The van der Waals surface area contributed by atoms with Crippen LogP contribution in [0.4, 0.5) is 0 Å². The zero-order valence-corrected chi connectivity index (χ0v) is 9.77. The number of hydrogen-bond acceptors (Lipinski definition) is 4. The molecule has 0 aliphatic rings. The topological polar surface area (TPSA) is 45.2 Å². The van der Waals surface area contributed by atoms with E-state index in [0.717, 1.165) is 12.2 Å². The minimum Gasteiger partial charge on any atom is -0.392 e. The van der Waals surface area contributed by atoms with E-state index in [4.69, 9.17) is 5.11 Å². The number of aliphatic hydroxyl groups is 1. The molecule has 0 spiro atoms. The van der Waals surface area contributed by atoms with Gasteiger partial charge in [-0.25, -0.2) is 4.98 Å². The third kappa shape index (κ3) is 3.74. The Morgan fingerprint density at radius 2 is 2.21 bits per heavy atom. The van der Waals surface area contributed by atoms with E-state index in [0.29, 0.717) is 12.5 Å². The lowest BCUT2D eigenvalue weighted by molar-refractivity contribution is 0.191. The number of nitrogens with one attached hydrogen (secondary N) is 1. The summed E-state index contributed by atoms with van der Waals surface area (Å²) in [5.74, 6) is 0.505. The van der Waals surface area contributed by atoms with Gasteiger partial charge >= 0.3 is 0 Å². The van der Waals surface area contributed by atoms with Gasteiger partial charge in [0.1, 0.15) is 0 Å². The fraction of sp³-hybridized carbons (Fsp3) is 0.700. The molecule has 0 bridgehead atoms. The maximum absolute atomic E-state index is 9.04. The SMILES string of the molecule is CC(C)c1nc(CNC[C@H](C)O)cs1. The second-order valence-electron chi connectivity index (χ2n) is 3.81. The van der Waals surface area contributed by atoms with E-state index in [9.17, 15) is 0 Å². The van der Waals surface area contributed by atoms with Gasteiger partial charge in [-0.3, -0.25) is 0 Å². The highest BCUT2D eigenvalue weighted by Crippen LogP contribution is 2.18. The number of thiazole rings is 1. The first kappa shape index (κ1) is 11.6. The molecule has 1 heterocycles. The third-order valence-electron chi connectivity index (χ3n) is 1.81. The van der Waals surface area contributed by atoms with Crippen molar-refractivity contribution in [1.82, 2.24) is 10.3 Å². The first-order chi connectivity index (χ1) is 6.59. The van der Waals surface area contributed by atoms with Crippen molar-refractivity contribution in [3.05, 3.63) is 16.1 Å². The van der Waals surface area contributed by atoms with Crippen LogP contribution in [0.2, 0.25) is 0 Å². The summed E-state index contributed by atoms with van der Waals surface area (Å²) in [6.07, 6.45) is -0.293. The Morgan fingerprint density at radius 3 is 2.71 bits per heavy atom. The average Bonchev–Trinajstić information content (AvgIpc) is 2.52. The van der Waals surface area contributed by atoms with E-state index < -0.39 is 0 Å². The van der Waals surface area contributed by atoms with Crippen molar-refractivity contribution in [2.24, 2.45) is 0 Å². The monoisotopic (exact) mass is 214 g/mol. The predicted octanol–water partition coefficient (Wildman–Crippen LogP) is 1.74. The molecule has 1 rings (SSSR count). The minimum absolute atomic E-state index is 0.293. The molecule has 14 heavy (non-hydrogen) atoms. The van der Waals surface area contributed by atoms with Crippen LogP contribution >= 0.6 is 11.3 Å². The summed E-state index contributed by atoms with van der Waals surface area (Å²) in [5.41, 5.74) is 1.07. The van der Waals surface area contributed by atoms with E-state index in [1.54, 1.807) is 18.3 Å². The van der Waals surface area contributed by atoms with Crippen LogP contribution in [-0.2, 0) is 6.54 Å². The maximum atomic E-state index is 9.04. The molecular formula is C10H18N2OS. The summed E-state index contributed by atoms with van der Waals surface area (Å²) >= 11 is 1.70. The second-order valence-corrected chi connectivity index (χ2v) is 4.70. The van der Waals surface area contributed by atoms with Crippen molar-refractivity contribution in [3.8, 4) is 0 Å². The summed E-state index contributed by atoms with van der Waals surface area (Å²) in [4.78, 5) is 4.48. The van der Waals surface area contributed by atoms with E-state index in [-0.39, 0.29) is 6.10 Å². The van der Waals surface area contributed by atoms with Crippen LogP contribution in [0.25, 0.3) is 0 Å². The minimum atomic E-state index is -0.293. The molecular weight excluding hydrogens is 196 g/mol. The lowest BCUT2D eigenvalue weighted by Gasteiger charge is -2.04. The molecule has 0 radical (unpaired) electrons. The summed E-state index contributed by atoms with van der Waals surface area (Å²) in [5, 5.41) is 15.4. The Morgan fingerprint density at radius 1 is 1.50 bits per heavy atom. The lowest BCUT2D eigenvalue weighted by Crippen LogP contribution is -2.23. The first-order valence-corrected chi connectivity index (χ1v) is 5.80. The van der Waals surface area contributed by atoms with Crippen LogP contribution in [0, 0.1) is 0 Å². The summed E-state index contributed by atoms with van der Waals surface area (Å²) in [6.45, 7) is 7.42. The molecule has 2 N–H and O–H groups in total. The predicted molar refractivity (Wildman–Crippen MR) is 59.6 cm³/mol. The fourth-order valence-corrected chi connectivity index (χ4v) is 1.91. The highest BCUT2D eigenvalue weighted by Gasteiger charge is 2.05. The highest BCUT2D eigenvalue weighted by molar-refractivity contribution is 7.09. The standard InChI is InChI=1S/C10H18N2OS/c1-7(2)10-12-9(6-14-10)5-11-4-8(3)13/h6-8,11,13H,4-5H2,1-3H3/t8-/m0/s1. The number of aromatic nitrogens is 1. The van der Waals surface area contributed by atoms with Gasteiger partial charge in [0.05, 0.1) is 16.8 Å². The molecule has 0 aromatic carbocycles. The Balaban J connectivity index is 2.36. The number of nitrogens with zero attached hydrogens (tertiary/aromatic N) is 1. The molecule has 80 valence electrons. The Labute approximate surface area is 89.2 Å². The first-order valence-electron chi connectivity index (χ1n) is 4.92. The highest BCUT2D eigenvalue weighted by atomic mass is 32.1. The largest absolute Gasteiger partial charge is 0.392 e. The molecule has 0 saturated carbocycles. The van der Waals surface area contributed by atoms with E-state index in [2.05, 4.69) is 29.5 Å². The van der Waals surface area contributed by atoms with Gasteiger partial charge in [-0.15, -0.1) is 11.3 Å². The Hall–Kier alpha value is -0.450. The van der Waals surface area contributed by atoms with Gasteiger partial charge in [-0.2, -0.15) is 0 Å². The van der Waals surface area contributed by atoms with Crippen molar-refractivity contribution < 1.29 is 5.11 Å². The maximum Gasteiger partial charge on any atom is 0.0954 e. The number of hydrogen-bond donors (Lipinski definition) is 2. The fourth-order valence-electron chi connectivity index (χ4n) is 1.08. The van der Waals surface area contributed by atoms with Crippen molar-refractivity contribution in [2.45, 2.75) is 39.3 Å². The lowest BCUT2D eigenvalue weighted by atomic mass is 10.2. The van der Waals surface area contributed by atoms with Crippen molar-refractivity contribution in [1.29, 1.82) is 0 Å². The second kappa shape index (κ2) is 5.44. The van der Waals surface area contributed by atoms with Gasteiger partial charge in [-0.1, -0.05) is 13.8 Å². The van der Waals surface area contributed by atoms with Crippen molar-refractivity contribution >= 4 is 11.3 Å². The quantitative estimate of drug-likeness (QED) is 0.784. The van der Waals surface area contributed by atoms with Crippen LogP contribution in [0.1, 0.15) is 37.4 Å². The molecule has 0 saturated heterocycles. The van der Waals surface area contributed by atoms with Crippen LogP contribution in [-0.4, -0.2) is 22.7 Å². The normalized spacial score (nSPS) is 13.5. The average molecular weight is 214 g/mol. The van der Waals surface area contributed by atoms with Gasteiger partial charge in [0, 0.05) is 24.4 Å². The van der Waals surface area contributed by atoms with Gasteiger partial charge in [0.15, 0.2) is 0 Å². The zero-order chi connectivity index (χ0) is 10.6. The molecule has 0 unspecified atom stereocenters. The third-order valence-corrected chi connectivity index (χ3v) is 3.00. The molecule has 4 heteroatoms. The smallest absolute Gasteiger partial charge is 0.0954 e.